The summed E-state index contributed by atoms with van der Waals surface area (Å²) in [7, 11) is 1.67. The zero-order valence-corrected chi connectivity index (χ0v) is 20.0. The number of carbonyl (C=O) groups excluding carboxylic acids is 2. The number of aryl methyl sites for hydroxylation is 2. The lowest BCUT2D eigenvalue weighted by molar-refractivity contribution is -0.146. The molecule has 0 aromatic heterocycles. The second-order valence-electron chi connectivity index (χ2n) is 9.41. The molecule has 2 saturated heterocycles. The predicted octanol–water partition coefficient (Wildman–Crippen LogP) is 2.81. The minimum absolute atomic E-state index is 0.0455. The van der Waals surface area contributed by atoms with E-state index in [1.54, 1.807) is 7.05 Å². The van der Waals surface area contributed by atoms with Gasteiger partial charge in [-0.25, -0.2) is 0 Å². The molecule has 33 heavy (non-hydrogen) atoms. The van der Waals surface area contributed by atoms with Crippen LogP contribution in [0.4, 0.5) is 0 Å². The summed E-state index contributed by atoms with van der Waals surface area (Å²) in [6.07, 6.45) is 1.34. The van der Waals surface area contributed by atoms with Crippen LogP contribution in [-0.4, -0.2) is 67.6 Å². The molecule has 6 heteroatoms. The number of ether oxygens (including phenoxy) is 1. The van der Waals surface area contributed by atoms with E-state index in [1.165, 1.54) is 16.7 Å². The Morgan fingerprint density at radius 2 is 1.70 bits per heavy atom. The fourth-order valence-electron chi connectivity index (χ4n) is 5.33. The highest BCUT2D eigenvalue weighted by atomic mass is 16.5. The van der Waals surface area contributed by atoms with Crippen molar-refractivity contribution in [1.29, 1.82) is 0 Å². The Bertz CT molecular complexity index is 965. The maximum absolute atomic E-state index is 14.1. The molecule has 2 aromatic rings. The summed E-state index contributed by atoms with van der Waals surface area (Å²) in [6, 6.07) is 16.3. The topological polar surface area (TPSA) is 61.9 Å². The fourth-order valence-corrected chi connectivity index (χ4v) is 5.33. The number of nitrogens with one attached hydrogen (secondary N) is 1. The molecule has 2 heterocycles. The first-order valence-electron chi connectivity index (χ1n) is 11.9. The summed E-state index contributed by atoms with van der Waals surface area (Å²) < 4.78 is 5.66. The van der Waals surface area contributed by atoms with Gasteiger partial charge < -0.3 is 15.0 Å². The molecule has 6 nitrogen and oxygen atoms in total. The van der Waals surface area contributed by atoms with Crippen LogP contribution in [0.25, 0.3) is 0 Å². The molecule has 0 saturated carbocycles. The van der Waals surface area contributed by atoms with E-state index >= 15 is 0 Å². The summed E-state index contributed by atoms with van der Waals surface area (Å²) in [5.41, 5.74) is 3.99. The monoisotopic (exact) mass is 449 g/mol. The summed E-state index contributed by atoms with van der Waals surface area (Å²) >= 11 is 0. The van der Waals surface area contributed by atoms with E-state index in [2.05, 4.69) is 54.4 Å². The highest BCUT2D eigenvalue weighted by molar-refractivity contribution is 5.90. The van der Waals surface area contributed by atoms with Crippen LogP contribution in [0.3, 0.4) is 0 Å². The van der Waals surface area contributed by atoms with Crippen LogP contribution in [0.5, 0.6) is 0 Å². The lowest BCUT2D eigenvalue weighted by atomic mass is 9.72. The molecule has 2 aliphatic heterocycles. The van der Waals surface area contributed by atoms with Crippen LogP contribution in [0.1, 0.15) is 35.1 Å². The second kappa shape index (κ2) is 10.1. The van der Waals surface area contributed by atoms with E-state index in [4.69, 9.17) is 4.74 Å². The van der Waals surface area contributed by atoms with E-state index in [9.17, 15) is 9.59 Å². The van der Waals surface area contributed by atoms with Crippen molar-refractivity contribution >= 4 is 11.8 Å². The average molecular weight is 450 g/mol. The van der Waals surface area contributed by atoms with Gasteiger partial charge in [0.1, 0.15) is 6.04 Å². The van der Waals surface area contributed by atoms with Gasteiger partial charge in [0.25, 0.3) is 0 Å². The third-order valence-corrected chi connectivity index (χ3v) is 7.09. The van der Waals surface area contributed by atoms with Gasteiger partial charge in [-0.1, -0.05) is 59.7 Å². The zero-order chi connectivity index (χ0) is 23.4. The number of likely N-dealkylation sites (N-methyl/N-ethyl adjacent to an activating group) is 1. The third-order valence-electron chi connectivity index (χ3n) is 7.09. The van der Waals surface area contributed by atoms with Crippen LogP contribution < -0.4 is 5.32 Å². The zero-order valence-electron chi connectivity index (χ0n) is 20.0. The molecule has 176 valence electrons. The quantitative estimate of drug-likeness (QED) is 0.763. The van der Waals surface area contributed by atoms with Gasteiger partial charge in [-0.15, -0.1) is 0 Å². The SMILES string of the molecule is CNC(=O)[C@H]1CN(C(=O)C2(c3cc(C)cc(C)c3)CCOCC2)CCN1Cc1ccccc1. The van der Waals surface area contributed by atoms with Crippen molar-refractivity contribution in [2.75, 3.05) is 39.9 Å². The fraction of sp³-hybridized carbons (Fsp3) is 0.481. The van der Waals surface area contributed by atoms with Crippen molar-refractivity contribution in [1.82, 2.24) is 15.1 Å². The predicted molar refractivity (Wildman–Crippen MR) is 129 cm³/mol. The Morgan fingerprint density at radius 3 is 2.33 bits per heavy atom. The molecule has 2 aromatic carbocycles. The van der Waals surface area contributed by atoms with Gasteiger partial charge >= 0.3 is 0 Å². The molecule has 1 N–H and O–H groups in total. The largest absolute Gasteiger partial charge is 0.381 e. The summed E-state index contributed by atoms with van der Waals surface area (Å²) in [4.78, 5) is 31.1. The molecular formula is C27H35N3O3. The highest BCUT2D eigenvalue weighted by Crippen LogP contribution is 2.38. The maximum atomic E-state index is 14.1. The van der Waals surface area contributed by atoms with Crippen LogP contribution >= 0.6 is 0 Å². The van der Waals surface area contributed by atoms with Gasteiger partial charge in [0.05, 0.1) is 5.41 Å². The van der Waals surface area contributed by atoms with E-state index in [0.717, 1.165) is 5.56 Å². The first-order valence-corrected chi connectivity index (χ1v) is 11.9. The van der Waals surface area contributed by atoms with Gasteiger partial charge in [0.15, 0.2) is 0 Å². The van der Waals surface area contributed by atoms with Crippen molar-refractivity contribution in [3.8, 4) is 0 Å². The van der Waals surface area contributed by atoms with E-state index in [0.29, 0.717) is 52.2 Å². The van der Waals surface area contributed by atoms with Gasteiger partial charge in [0, 0.05) is 46.4 Å². The van der Waals surface area contributed by atoms with Crippen molar-refractivity contribution in [3.63, 3.8) is 0 Å². The molecule has 0 bridgehead atoms. The van der Waals surface area contributed by atoms with Gasteiger partial charge in [-0.3, -0.25) is 14.5 Å². The number of benzene rings is 2. The summed E-state index contributed by atoms with van der Waals surface area (Å²) in [6.45, 7) is 7.69. The Morgan fingerprint density at radius 1 is 1.03 bits per heavy atom. The Hall–Kier alpha value is -2.70. The van der Waals surface area contributed by atoms with Crippen LogP contribution in [0.15, 0.2) is 48.5 Å². The molecule has 2 amide bonds. The molecule has 0 unspecified atom stereocenters. The Labute approximate surface area is 196 Å². The first kappa shape index (κ1) is 23.5. The normalized spacial score (nSPS) is 20.9. The molecule has 2 fully saturated rings. The smallest absolute Gasteiger partial charge is 0.238 e. The van der Waals surface area contributed by atoms with Crippen molar-refractivity contribution < 1.29 is 14.3 Å². The minimum atomic E-state index is -0.593. The number of piperazine rings is 1. The summed E-state index contributed by atoms with van der Waals surface area (Å²) in [5.74, 6) is 0.0833. The number of nitrogens with zero attached hydrogens (tertiary/aromatic N) is 2. The molecular weight excluding hydrogens is 414 g/mol. The third kappa shape index (κ3) is 4.97. The number of amides is 2. The van der Waals surface area contributed by atoms with Crippen molar-refractivity contribution in [3.05, 3.63) is 70.8 Å². The highest BCUT2D eigenvalue weighted by Gasteiger charge is 2.46. The van der Waals surface area contributed by atoms with Gasteiger partial charge in [-0.2, -0.15) is 0 Å². The van der Waals surface area contributed by atoms with Gasteiger partial charge in [-0.05, 0) is 37.8 Å². The molecule has 0 spiro atoms. The number of carbonyl (C=O) groups is 2. The van der Waals surface area contributed by atoms with E-state index in [-0.39, 0.29) is 17.9 Å². The average Bonchev–Trinajstić information content (AvgIpc) is 2.84. The Balaban J connectivity index is 1.60. The second-order valence-corrected chi connectivity index (χ2v) is 9.41. The first-order chi connectivity index (χ1) is 15.9. The lowest BCUT2D eigenvalue weighted by Gasteiger charge is -2.45. The minimum Gasteiger partial charge on any atom is -0.381 e. The standard InChI is InChI=1S/C27H35N3O3/c1-20-15-21(2)17-23(16-20)27(9-13-33-14-10-27)26(32)30-12-11-29(24(19-30)25(31)28-3)18-22-7-5-4-6-8-22/h4-8,15-17,24H,9-14,18-19H2,1-3H3,(H,28,31)/t24-/m1/s1. The molecule has 1 atom stereocenters. The van der Waals surface area contributed by atoms with Crippen LogP contribution in [0, 0.1) is 13.8 Å². The van der Waals surface area contributed by atoms with Crippen LogP contribution in [-0.2, 0) is 26.3 Å². The van der Waals surface area contributed by atoms with Crippen molar-refractivity contribution in [2.24, 2.45) is 0 Å². The van der Waals surface area contributed by atoms with Crippen LogP contribution in [0.2, 0.25) is 0 Å². The molecule has 4 rings (SSSR count). The maximum Gasteiger partial charge on any atom is 0.238 e. The number of rotatable bonds is 5. The van der Waals surface area contributed by atoms with E-state index < -0.39 is 5.41 Å². The summed E-state index contributed by atoms with van der Waals surface area (Å²) in [5, 5.41) is 2.81. The van der Waals surface area contributed by atoms with Gasteiger partial charge in [0.2, 0.25) is 11.8 Å². The molecule has 0 radical (unpaired) electrons. The lowest BCUT2D eigenvalue weighted by Crippen LogP contribution is -2.62. The van der Waals surface area contributed by atoms with Crippen molar-refractivity contribution in [2.45, 2.75) is 44.7 Å². The van der Waals surface area contributed by atoms with E-state index in [1.807, 2.05) is 23.1 Å². The Kier molecular flexibility index (Phi) is 7.15. The number of hydrogen-bond donors (Lipinski definition) is 1. The molecule has 2 aliphatic rings. The number of hydrogen-bond acceptors (Lipinski definition) is 4. The molecule has 0 aliphatic carbocycles.